The zero-order chi connectivity index (χ0) is 34.7. The van der Waals surface area contributed by atoms with Gasteiger partial charge < -0.3 is 14.4 Å². The van der Waals surface area contributed by atoms with Crippen LogP contribution in [0.3, 0.4) is 0 Å². The van der Waals surface area contributed by atoms with E-state index in [4.69, 9.17) is 18.5 Å². The Bertz CT molecular complexity index is 788. The summed E-state index contributed by atoms with van der Waals surface area (Å²) < 4.78 is 32.5. The molecule has 0 bridgehead atoms. The maximum Gasteiger partial charge on any atom is 0.472 e. The number of carbonyl (C=O) groups excluding carboxylic acids is 2. The van der Waals surface area contributed by atoms with Gasteiger partial charge in [-0.2, -0.15) is 0 Å². The van der Waals surface area contributed by atoms with Crippen molar-refractivity contribution < 1.29 is 37.6 Å². The molecule has 2 atom stereocenters. The van der Waals surface area contributed by atoms with Gasteiger partial charge in [-0.1, -0.05) is 148 Å². The summed E-state index contributed by atoms with van der Waals surface area (Å²) in [5, 5.41) is 0. The van der Waals surface area contributed by atoms with Crippen LogP contribution in [0.1, 0.15) is 194 Å². The van der Waals surface area contributed by atoms with Gasteiger partial charge in [0.25, 0.3) is 0 Å². The molecule has 0 spiro atoms. The molecule has 0 amide bonds. The average Bonchev–Trinajstić information content (AvgIpc) is 3.04. The van der Waals surface area contributed by atoms with E-state index in [9.17, 15) is 19.0 Å². The molecule has 0 aliphatic heterocycles. The van der Waals surface area contributed by atoms with Crippen LogP contribution < -0.4 is 0 Å². The molecule has 0 saturated heterocycles. The number of carbonyl (C=O) groups is 2. The molecule has 1 N–H and O–H groups in total. The van der Waals surface area contributed by atoms with Gasteiger partial charge in [0, 0.05) is 12.8 Å². The van der Waals surface area contributed by atoms with Crippen molar-refractivity contribution in [2.45, 2.75) is 200 Å². The SMILES string of the molecule is CCCCCCCC/C=C\CCCCCCCCCC(=O)OC(COC(=O)CCCCCCCCCCCC)COP(=O)(O)OCC. The number of esters is 2. The van der Waals surface area contributed by atoms with Crippen molar-refractivity contribution in [1.29, 1.82) is 0 Å². The number of unbranched alkanes of at least 4 members (excludes halogenated alkanes) is 22. The van der Waals surface area contributed by atoms with Crippen molar-refractivity contribution in [1.82, 2.24) is 0 Å². The standard InChI is InChI=1S/C38H73O8P/c1-4-7-9-11-13-15-17-18-19-20-21-22-23-25-27-29-31-33-38(40)46-36(35-45-47(41,42)44-6-3)34-43-37(39)32-30-28-26-24-16-14-12-10-8-5-2/h18-19,36H,4-17,20-35H2,1-3H3,(H,41,42)/b19-18-. The predicted molar refractivity (Wildman–Crippen MR) is 193 cm³/mol. The maximum atomic E-state index is 12.5. The number of allylic oxidation sites excluding steroid dienone is 2. The molecular formula is C38H73O8P. The lowest BCUT2D eigenvalue weighted by Gasteiger charge is -2.19. The van der Waals surface area contributed by atoms with Gasteiger partial charge in [0.1, 0.15) is 6.61 Å². The molecule has 0 fully saturated rings. The zero-order valence-electron chi connectivity index (χ0n) is 30.7. The number of hydrogen-bond acceptors (Lipinski definition) is 7. The topological polar surface area (TPSA) is 108 Å². The van der Waals surface area contributed by atoms with Crippen molar-refractivity contribution in [2.24, 2.45) is 0 Å². The van der Waals surface area contributed by atoms with Gasteiger partial charge in [-0.3, -0.25) is 18.6 Å². The molecule has 0 aromatic rings. The van der Waals surface area contributed by atoms with Crippen molar-refractivity contribution in [3.63, 3.8) is 0 Å². The summed E-state index contributed by atoms with van der Waals surface area (Å²) in [6.45, 7) is 5.45. The van der Waals surface area contributed by atoms with Crippen LogP contribution in [0.25, 0.3) is 0 Å². The quantitative estimate of drug-likeness (QED) is 0.0300. The highest BCUT2D eigenvalue weighted by molar-refractivity contribution is 7.47. The van der Waals surface area contributed by atoms with Gasteiger partial charge in [-0.25, -0.2) is 4.57 Å². The van der Waals surface area contributed by atoms with E-state index in [-0.39, 0.29) is 32.2 Å². The average molecular weight is 689 g/mol. The first kappa shape index (κ1) is 45.8. The molecule has 2 unspecified atom stereocenters. The first-order valence-corrected chi connectivity index (χ1v) is 21.0. The Morgan fingerprint density at radius 3 is 1.40 bits per heavy atom. The molecule has 8 nitrogen and oxygen atoms in total. The summed E-state index contributed by atoms with van der Waals surface area (Å²) >= 11 is 0. The molecule has 47 heavy (non-hydrogen) atoms. The van der Waals surface area contributed by atoms with Crippen LogP contribution in [0.4, 0.5) is 0 Å². The number of phosphoric acid groups is 1. The van der Waals surface area contributed by atoms with Crippen LogP contribution in [-0.2, 0) is 32.7 Å². The number of ether oxygens (including phenoxy) is 2. The van der Waals surface area contributed by atoms with E-state index in [2.05, 4.69) is 26.0 Å². The van der Waals surface area contributed by atoms with E-state index >= 15 is 0 Å². The van der Waals surface area contributed by atoms with Gasteiger partial charge in [0.2, 0.25) is 0 Å². The second kappa shape index (κ2) is 34.6. The zero-order valence-corrected chi connectivity index (χ0v) is 31.6. The largest absolute Gasteiger partial charge is 0.472 e. The highest BCUT2D eigenvalue weighted by Crippen LogP contribution is 2.43. The van der Waals surface area contributed by atoms with E-state index in [1.54, 1.807) is 6.92 Å². The molecular weight excluding hydrogens is 615 g/mol. The third-order valence-corrected chi connectivity index (χ3v) is 9.38. The van der Waals surface area contributed by atoms with Crippen LogP contribution in [0, 0.1) is 0 Å². The lowest BCUT2D eigenvalue weighted by molar-refractivity contribution is -0.161. The van der Waals surface area contributed by atoms with Crippen LogP contribution >= 0.6 is 7.82 Å². The normalized spacial score (nSPS) is 13.5. The second-order valence-electron chi connectivity index (χ2n) is 13.0. The van der Waals surface area contributed by atoms with E-state index in [0.29, 0.717) is 12.8 Å². The fourth-order valence-corrected chi connectivity index (χ4v) is 6.20. The Morgan fingerprint density at radius 1 is 0.553 bits per heavy atom. The fraction of sp³-hybridized carbons (Fsp3) is 0.895. The maximum absolute atomic E-state index is 12.5. The molecule has 9 heteroatoms. The van der Waals surface area contributed by atoms with Gasteiger partial charge in [-0.15, -0.1) is 0 Å². The van der Waals surface area contributed by atoms with Gasteiger partial charge in [0.05, 0.1) is 13.2 Å². The van der Waals surface area contributed by atoms with E-state index < -0.39 is 19.9 Å². The predicted octanol–water partition coefficient (Wildman–Crippen LogP) is 11.7. The first-order valence-electron chi connectivity index (χ1n) is 19.5. The molecule has 0 saturated carbocycles. The Kier molecular flexibility index (Phi) is 33.8. The minimum atomic E-state index is -4.27. The Morgan fingerprint density at radius 2 is 0.957 bits per heavy atom. The van der Waals surface area contributed by atoms with Crippen LogP contribution in [0.5, 0.6) is 0 Å². The molecule has 0 radical (unpaired) electrons. The van der Waals surface area contributed by atoms with Gasteiger partial charge >= 0.3 is 19.8 Å². The molecule has 0 heterocycles. The summed E-state index contributed by atoms with van der Waals surface area (Å²) in [4.78, 5) is 34.5. The number of rotatable bonds is 36. The lowest BCUT2D eigenvalue weighted by Crippen LogP contribution is -2.29. The fourth-order valence-electron chi connectivity index (χ4n) is 5.45. The van der Waals surface area contributed by atoms with Crippen LogP contribution in [-0.4, -0.2) is 42.8 Å². The molecule has 0 aromatic heterocycles. The van der Waals surface area contributed by atoms with Crippen LogP contribution in [0.15, 0.2) is 12.2 Å². The minimum Gasteiger partial charge on any atom is -0.462 e. The Labute approximate surface area is 289 Å². The van der Waals surface area contributed by atoms with Gasteiger partial charge in [0.15, 0.2) is 6.10 Å². The highest BCUT2D eigenvalue weighted by atomic mass is 31.2. The van der Waals surface area contributed by atoms with E-state index in [1.807, 2.05) is 0 Å². The summed E-state index contributed by atoms with van der Waals surface area (Å²) in [5.74, 6) is -0.798. The summed E-state index contributed by atoms with van der Waals surface area (Å²) in [6.07, 6.45) is 34.1. The second-order valence-corrected chi connectivity index (χ2v) is 14.4. The third-order valence-electron chi connectivity index (χ3n) is 8.32. The van der Waals surface area contributed by atoms with E-state index in [0.717, 1.165) is 44.9 Å². The third kappa shape index (κ3) is 34.5. The summed E-state index contributed by atoms with van der Waals surface area (Å²) in [6, 6.07) is 0. The molecule has 0 aromatic carbocycles. The lowest BCUT2D eigenvalue weighted by atomic mass is 10.1. The molecule has 0 aliphatic carbocycles. The monoisotopic (exact) mass is 689 g/mol. The smallest absolute Gasteiger partial charge is 0.462 e. The molecule has 0 rings (SSSR count). The minimum absolute atomic E-state index is 0.00241. The number of phosphoric ester groups is 1. The molecule has 0 aliphatic rings. The number of hydrogen-bond donors (Lipinski definition) is 1. The first-order chi connectivity index (χ1) is 22.8. The van der Waals surface area contributed by atoms with Gasteiger partial charge in [-0.05, 0) is 45.4 Å². The highest BCUT2D eigenvalue weighted by Gasteiger charge is 2.25. The van der Waals surface area contributed by atoms with Crippen molar-refractivity contribution in [3.8, 4) is 0 Å². The summed E-state index contributed by atoms with van der Waals surface area (Å²) in [7, 11) is -4.27. The summed E-state index contributed by atoms with van der Waals surface area (Å²) in [5.41, 5.74) is 0. The Balaban J connectivity index is 4.10. The Hall–Kier alpha value is -1.21. The van der Waals surface area contributed by atoms with Crippen LogP contribution in [0.2, 0.25) is 0 Å². The molecule has 278 valence electrons. The van der Waals surface area contributed by atoms with Crippen molar-refractivity contribution in [2.75, 3.05) is 19.8 Å². The van der Waals surface area contributed by atoms with E-state index in [1.165, 1.54) is 109 Å². The van der Waals surface area contributed by atoms with Crippen molar-refractivity contribution in [3.05, 3.63) is 12.2 Å². The van der Waals surface area contributed by atoms with Crippen molar-refractivity contribution >= 4 is 19.8 Å².